The second-order valence-electron chi connectivity index (χ2n) is 2.77. The highest BCUT2D eigenvalue weighted by Crippen LogP contribution is 2.07. The smallest absolute Gasteiger partial charge is 0.155 e. The van der Waals surface area contributed by atoms with Gasteiger partial charge in [0.15, 0.2) is 5.82 Å². The molecule has 0 bridgehead atoms. The summed E-state index contributed by atoms with van der Waals surface area (Å²) in [6, 6.07) is 3.58. The molecule has 0 aliphatic rings. The maximum absolute atomic E-state index is 9.21. The largest absolute Gasteiger partial charge is 0.332 e. The summed E-state index contributed by atoms with van der Waals surface area (Å²) >= 11 is 0. The van der Waals surface area contributed by atoms with Crippen LogP contribution in [0.25, 0.3) is 0 Å². The predicted molar refractivity (Wildman–Crippen MR) is 45.8 cm³/mol. The molecule has 1 rings (SSSR count). The van der Waals surface area contributed by atoms with Crippen molar-refractivity contribution in [2.75, 3.05) is 0 Å². The van der Waals surface area contributed by atoms with E-state index in [0.717, 1.165) is 13.0 Å². The molecule has 0 amide bonds. The summed E-state index contributed by atoms with van der Waals surface area (Å²) in [6.45, 7) is 3.11. The molecule has 0 aliphatic carbocycles. The Morgan fingerprint density at radius 2 is 2.27 bits per heavy atom. The minimum Gasteiger partial charge on any atom is -0.332 e. The highest BCUT2D eigenvalue weighted by molar-refractivity contribution is 5.24. The number of aromatic nitrogens is 1. The third-order valence-corrected chi connectivity index (χ3v) is 1.81. The normalized spacial score (nSPS) is 10.3. The van der Waals surface area contributed by atoms with Gasteiger partial charge in [0, 0.05) is 12.7 Å². The molecule has 2 radical (unpaired) electrons. The first kappa shape index (κ1) is 8.18. The molecule has 0 spiro atoms. The molecule has 2 heteroatoms. The fraction of sp³-hybridized carbons (Fsp3) is 0.556. The summed E-state index contributed by atoms with van der Waals surface area (Å²) in [7, 11) is 0. The molecule has 0 saturated heterocycles. The van der Waals surface area contributed by atoms with Crippen LogP contribution in [0.15, 0.2) is 18.3 Å². The van der Waals surface area contributed by atoms with Crippen LogP contribution in [0, 0.1) is 0 Å². The van der Waals surface area contributed by atoms with E-state index in [2.05, 4.69) is 6.92 Å². The zero-order chi connectivity index (χ0) is 8.10. The molecule has 0 aromatic carbocycles. The Kier molecular flexibility index (Phi) is 3.02. The van der Waals surface area contributed by atoms with Gasteiger partial charge >= 0.3 is 0 Å². The summed E-state index contributed by atoms with van der Waals surface area (Å²) in [4.78, 5) is 0. The molecule has 1 aromatic heterocycles. The van der Waals surface area contributed by atoms with Gasteiger partial charge in [0.2, 0.25) is 0 Å². The van der Waals surface area contributed by atoms with Crippen molar-refractivity contribution in [3.05, 3.63) is 18.3 Å². The quantitative estimate of drug-likeness (QED) is 0.589. The molecule has 0 aliphatic heterocycles. The van der Waals surface area contributed by atoms with E-state index in [4.69, 9.17) is 0 Å². The van der Waals surface area contributed by atoms with Gasteiger partial charge < -0.3 is 4.57 Å². The van der Waals surface area contributed by atoms with Gasteiger partial charge in [-0.1, -0.05) is 19.8 Å². The Bertz CT molecular complexity index is 203. The summed E-state index contributed by atoms with van der Waals surface area (Å²) in [5.74, 6) is 0.376. The minimum atomic E-state index is 0.376. The monoisotopic (exact) mass is 150 g/mol. The highest BCUT2D eigenvalue weighted by atomic mass is 15.0. The number of unbranched alkanes of at least 4 members (excludes halogenated alkanes) is 2. The van der Waals surface area contributed by atoms with Crippen molar-refractivity contribution in [2.24, 2.45) is 0 Å². The lowest BCUT2D eigenvalue weighted by molar-refractivity contribution is 0.606. The second kappa shape index (κ2) is 4.06. The van der Waals surface area contributed by atoms with Crippen molar-refractivity contribution in [1.82, 2.24) is 10.3 Å². The van der Waals surface area contributed by atoms with Crippen LogP contribution in [0.1, 0.15) is 26.2 Å². The van der Waals surface area contributed by atoms with Crippen molar-refractivity contribution < 1.29 is 0 Å². The third kappa shape index (κ3) is 2.30. The summed E-state index contributed by atoms with van der Waals surface area (Å²) in [5.41, 5.74) is 9.21. The molecule has 0 saturated carbocycles. The van der Waals surface area contributed by atoms with Crippen LogP contribution in [-0.4, -0.2) is 4.57 Å². The zero-order valence-electron chi connectivity index (χ0n) is 6.95. The summed E-state index contributed by atoms with van der Waals surface area (Å²) in [6.07, 6.45) is 5.52. The standard InChI is InChI=1S/C9H14N2/c1-2-3-4-7-11-8-5-6-9(11)10/h5-6,8H,2-4,7H2,1H3. The molecule has 0 unspecified atom stereocenters. The second-order valence-corrected chi connectivity index (χ2v) is 2.77. The number of nitrogens with zero attached hydrogens (tertiary/aromatic N) is 2. The van der Waals surface area contributed by atoms with Gasteiger partial charge in [0.1, 0.15) is 0 Å². The fourth-order valence-electron chi connectivity index (χ4n) is 1.13. The Morgan fingerprint density at radius 3 is 2.82 bits per heavy atom. The molecule has 0 N–H and O–H groups in total. The van der Waals surface area contributed by atoms with Gasteiger partial charge in [-0.3, -0.25) is 0 Å². The van der Waals surface area contributed by atoms with Crippen LogP contribution in [0.2, 0.25) is 0 Å². The summed E-state index contributed by atoms with van der Waals surface area (Å²) in [5, 5.41) is 0. The Balaban J connectivity index is 2.32. The number of hydrogen-bond donors (Lipinski definition) is 0. The maximum atomic E-state index is 9.21. The zero-order valence-corrected chi connectivity index (χ0v) is 6.95. The van der Waals surface area contributed by atoms with E-state index in [1.54, 1.807) is 6.07 Å². The van der Waals surface area contributed by atoms with Crippen molar-refractivity contribution >= 4 is 5.82 Å². The van der Waals surface area contributed by atoms with E-state index in [-0.39, 0.29) is 0 Å². The van der Waals surface area contributed by atoms with Gasteiger partial charge in [-0.15, -0.1) is 5.73 Å². The molecule has 60 valence electrons. The molecule has 0 atom stereocenters. The topological polar surface area (TPSA) is 27.2 Å². The van der Waals surface area contributed by atoms with E-state index in [0.29, 0.717) is 5.82 Å². The first-order valence-electron chi connectivity index (χ1n) is 4.18. The molecule has 11 heavy (non-hydrogen) atoms. The van der Waals surface area contributed by atoms with Gasteiger partial charge in [-0.05, 0) is 18.6 Å². The SMILES string of the molecule is CCCCCn1cccc1[N]. The molecule has 2 nitrogen and oxygen atoms in total. The third-order valence-electron chi connectivity index (χ3n) is 1.81. The first-order valence-corrected chi connectivity index (χ1v) is 4.18. The van der Waals surface area contributed by atoms with Crippen molar-refractivity contribution in [1.29, 1.82) is 0 Å². The van der Waals surface area contributed by atoms with E-state index in [9.17, 15) is 5.73 Å². The summed E-state index contributed by atoms with van der Waals surface area (Å²) < 4.78 is 1.87. The molecular weight excluding hydrogens is 136 g/mol. The van der Waals surface area contributed by atoms with Gasteiger partial charge in [0.05, 0.1) is 0 Å². The van der Waals surface area contributed by atoms with Crippen molar-refractivity contribution in [2.45, 2.75) is 32.7 Å². The van der Waals surface area contributed by atoms with Crippen molar-refractivity contribution in [3.63, 3.8) is 0 Å². The number of aryl methyl sites for hydroxylation is 1. The molecule has 1 heterocycles. The van der Waals surface area contributed by atoms with Gasteiger partial charge in [-0.2, -0.15) is 0 Å². The lowest BCUT2D eigenvalue weighted by Crippen LogP contribution is -1.95. The van der Waals surface area contributed by atoms with Crippen molar-refractivity contribution in [3.8, 4) is 0 Å². The predicted octanol–water partition coefficient (Wildman–Crippen LogP) is 2.38. The fourth-order valence-corrected chi connectivity index (χ4v) is 1.13. The Morgan fingerprint density at radius 1 is 1.45 bits per heavy atom. The Labute approximate surface area is 68.0 Å². The van der Waals surface area contributed by atoms with E-state index in [1.165, 1.54) is 12.8 Å². The van der Waals surface area contributed by atoms with E-state index in [1.807, 2.05) is 16.8 Å². The molecule has 1 aromatic rings. The van der Waals surface area contributed by atoms with Crippen LogP contribution in [0.3, 0.4) is 0 Å². The van der Waals surface area contributed by atoms with Gasteiger partial charge in [0.25, 0.3) is 0 Å². The van der Waals surface area contributed by atoms with Crippen LogP contribution < -0.4 is 5.73 Å². The highest BCUT2D eigenvalue weighted by Gasteiger charge is 1.95. The first-order chi connectivity index (χ1) is 5.34. The maximum Gasteiger partial charge on any atom is 0.155 e. The van der Waals surface area contributed by atoms with Crippen LogP contribution >= 0.6 is 0 Å². The minimum absolute atomic E-state index is 0.376. The average Bonchev–Trinajstić information content (AvgIpc) is 2.37. The van der Waals surface area contributed by atoms with Crippen LogP contribution in [0.5, 0.6) is 0 Å². The molecular formula is C9H14N2. The van der Waals surface area contributed by atoms with E-state index >= 15 is 0 Å². The van der Waals surface area contributed by atoms with Gasteiger partial charge in [-0.25, -0.2) is 0 Å². The Hall–Kier alpha value is -0.920. The number of hydrogen-bond acceptors (Lipinski definition) is 0. The lowest BCUT2D eigenvalue weighted by atomic mass is 10.2. The molecule has 0 fully saturated rings. The van der Waals surface area contributed by atoms with Crippen LogP contribution in [0.4, 0.5) is 5.82 Å². The van der Waals surface area contributed by atoms with Crippen LogP contribution in [-0.2, 0) is 6.54 Å². The number of rotatable bonds is 4. The average molecular weight is 150 g/mol. The lowest BCUT2D eigenvalue weighted by Gasteiger charge is -2.01. The van der Waals surface area contributed by atoms with E-state index < -0.39 is 0 Å².